The van der Waals surface area contributed by atoms with Gasteiger partial charge in [0.2, 0.25) is 5.91 Å². The van der Waals surface area contributed by atoms with Crippen molar-refractivity contribution in [2.75, 3.05) is 11.9 Å². The normalized spacial score (nSPS) is 11.8. The zero-order valence-corrected chi connectivity index (χ0v) is 13.2. The van der Waals surface area contributed by atoms with Crippen LogP contribution in [0.15, 0.2) is 30.3 Å². The van der Waals surface area contributed by atoms with Gasteiger partial charge in [0.15, 0.2) is 11.8 Å². The summed E-state index contributed by atoms with van der Waals surface area (Å²) in [4.78, 5) is 21.5. The summed E-state index contributed by atoms with van der Waals surface area (Å²) < 4.78 is 6.44. The number of rotatable bonds is 7. The smallest absolute Gasteiger partial charge is 0.273 e. The van der Waals surface area contributed by atoms with Crippen LogP contribution in [0.4, 0.5) is 11.4 Å². The Bertz CT molecular complexity index is 768. The fraction of sp³-hybridized carbons (Fsp3) is 0.267. The van der Waals surface area contributed by atoms with Gasteiger partial charge in [-0.3, -0.25) is 19.5 Å². The Hall–Kier alpha value is -3.27. The lowest BCUT2D eigenvalue weighted by Crippen LogP contribution is -2.23. The van der Waals surface area contributed by atoms with Gasteiger partial charge in [-0.2, -0.15) is 0 Å². The van der Waals surface area contributed by atoms with Crippen molar-refractivity contribution in [3.05, 3.63) is 40.4 Å². The first-order valence-corrected chi connectivity index (χ1v) is 7.22. The summed E-state index contributed by atoms with van der Waals surface area (Å²) in [6.45, 7) is 0.831. The van der Waals surface area contributed by atoms with E-state index in [0.29, 0.717) is 0 Å². The monoisotopic (exact) mass is 351 g/mol. The molecule has 0 aliphatic heterocycles. The number of nitrogens with one attached hydrogen (secondary N) is 1. The van der Waals surface area contributed by atoms with Crippen LogP contribution in [-0.2, 0) is 11.3 Å². The summed E-state index contributed by atoms with van der Waals surface area (Å²) in [5.74, 6) is -0.831. The van der Waals surface area contributed by atoms with Crippen LogP contribution in [0.2, 0.25) is 0 Å². The number of amides is 1. The number of benzene rings is 1. The van der Waals surface area contributed by atoms with Crippen molar-refractivity contribution >= 4 is 17.3 Å². The predicted molar refractivity (Wildman–Crippen MR) is 86.7 cm³/mol. The van der Waals surface area contributed by atoms with Crippen LogP contribution >= 0.6 is 0 Å². The molecule has 1 heterocycles. The number of nitro groups is 1. The van der Waals surface area contributed by atoms with Gasteiger partial charge in [-0.05, 0) is 6.07 Å². The van der Waals surface area contributed by atoms with Crippen LogP contribution in [0.25, 0.3) is 0 Å². The highest BCUT2D eigenvalue weighted by atomic mass is 16.6. The molecule has 25 heavy (non-hydrogen) atoms. The Morgan fingerprint density at radius 1 is 1.32 bits per heavy atom. The maximum absolute atomic E-state index is 11.2. The van der Waals surface area contributed by atoms with Crippen LogP contribution in [0.5, 0.6) is 17.5 Å². The largest absolute Gasteiger partial charge is 0.494 e. The van der Waals surface area contributed by atoms with Gasteiger partial charge < -0.3 is 25.4 Å². The third-order valence-corrected chi connectivity index (χ3v) is 3.25. The van der Waals surface area contributed by atoms with E-state index in [1.54, 1.807) is 0 Å². The van der Waals surface area contributed by atoms with E-state index in [4.69, 9.17) is 4.74 Å². The van der Waals surface area contributed by atoms with Crippen molar-refractivity contribution < 1.29 is 29.8 Å². The number of hydrogen-bond donors (Lipinski definition) is 4. The number of non-ortho nitro benzene ring substituents is 1. The molecular weight excluding hydrogens is 334 g/mol. The number of carbonyl (C=O) groups excluding carboxylic acids is 1. The third kappa shape index (κ3) is 4.61. The molecule has 0 aliphatic carbocycles. The summed E-state index contributed by atoms with van der Waals surface area (Å²) >= 11 is 0. The standard InChI is InChI=1S/C15H17N3O7/c1-9(19)16-12-3-2-10(18(23)24)6-13(12)25-8-11(20)7-17-14(21)4-5-15(17)22/h2-6,11,20-22H,7-8H2,1H3,(H,16,19). The number of ether oxygens (including phenoxy) is 1. The summed E-state index contributed by atoms with van der Waals surface area (Å²) in [5.41, 5.74) is -0.0174. The first-order valence-electron chi connectivity index (χ1n) is 7.22. The van der Waals surface area contributed by atoms with Crippen LogP contribution in [0.1, 0.15) is 6.92 Å². The number of nitro benzene ring substituents is 1. The van der Waals surface area contributed by atoms with Gasteiger partial charge in [0.1, 0.15) is 18.5 Å². The molecule has 0 radical (unpaired) electrons. The van der Waals surface area contributed by atoms with E-state index in [1.165, 1.54) is 31.2 Å². The molecule has 1 unspecified atom stereocenters. The molecule has 10 nitrogen and oxygen atoms in total. The molecule has 0 saturated heterocycles. The number of aliphatic hydroxyl groups is 1. The average Bonchev–Trinajstić information content (AvgIpc) is 2.85. The van der Waals surface area contributed by atoms with Crippen LogP contribution in [-0.4, -0.2) is 43.4 Å². The van der Waals surface area contributed by atoms with E-state index in [1.807, 2.05) is 0 Å². The van der Waals surface area contributed by atoms with Gasteiger partial charge in [0, 0.05) is 25.1 Å². The molecule has 0 aliphatic rings. The SMILES string of the molecule is CC(=O)Nc1ccc([N+](=O)[O-])cc1OCC(O)Cn1c(O)ccc1O. The number of carbonyl (C=O) groups is 1. The lowest BCUT2D eigenvalue weighted by Gasteiger charge is -2.16. The molecule has 0 spiro atoms. The molecule has 2 rings (SSSR count). The van der Waals surface area contributed by atoms with Gasteiger partial charge in [0.25, 0.3) is 5.69 Å². The van der Waals surface area contributed by atoms with Crippen LogP contribution in [0, 0.1) is 10.1 Å². The van der Waals surface area contributed by atoms with E-state index in [9.17, 15) is 30.2 Å². The second kappa shape index (κ2) is 7.53. The van der Waals surface area contributed by atoms with Crippen molar-refractivity contribution in [2.24, 2.45) is 0 Å². The van der Waals surface area contributed by atoms with Crippen molar-refractivity contribution in [3.63, 3.8) is 0 Å². The topological polar surface area (TPSA) is 147 Å². The number of hydrogen-bond acceptors (Lipinski definition) is 7. The first kappa shape index (κ1) is 18.1. The molecule has 4 N–H and O–H groups in total. The Labute approximate surface area is 142 Å². The van der Waals surface area contributed by atoms with Gasteiger partial charge in [0.05, 0.1) is 23.2 Å². The Morgan fingerprint density at radius 3 is 2.52 bits per heavy atom. The quantitative estimate of drug-likeness (QED) is 0.433. The highest BCUT2D eigenvalue weighted by Crippen LogP contribution is 2.30. The van der Waals surface area contributed by atoms with E-state index in [-0.39, 0.29) is 47.9 Å². The fourth-order valence-corrected chi connectivity index (χ4v) is 2.12. The fourth-order valence-electron chi connectivity index (χ4n) is 2.12. The summed E-state index contributed by atoms with van der Waals surface area (Å²) in [5, 5.41) is 42.4. The second-order valence-electron chi connectivity index (χ2n) is 5.24. The van der Waals surface area contributed by atoms with Crippen LogP contribution < -0.4 is 10.1 Å². The number of aliphatic hydroxyl groups excluding tert-OH is 1. The highest BCUT2D eigenvalue weighted by Gasteiger charge is 2.16. The highest BCUT2D eigenvalue weighted by molar-refractivity contribution is 5.90. The summed E-state index contributed by atoms with van der Waals surface area (Å²) in [6.07, 6.45) is -1.13. The minimum absolute atomic E-state index is 0.0180. The molecule has 0 fully saturated rings. The van der Waals surface area contributed by atoms with E-state index >= 15 is 0 Å². The summed E-state index contributed by atoms with van der Waals surface area (Å²) in [6, 6.07) is 6.19. The zero-order valence-electron chi connectivity index (χ0n) is 13.2. The van der Waals surface area contributed by atoms with Crippen LogP contribution in [0.3, 0.4) is 0 Å². The molecule has 2 aromatic rings. The number of anilines is 1. The molecular formula is C15H17N3O7. The maximum Gasteiger partial charge on any atom is 0.273 e. The van der Waals surface area contributed by atoms with Gasteiger partial charge in [-0.25, -0.2) is 0 Å². The van der Waals surface area contributed by atoms with Gasteiger partial charge in [-0.1, -0.05) is 0 Å². The van der Waals surface area contributed by atoms with Gasteiger partial charge >= 0.3 is 0 Å². The Balaban J connectivity index is 2.10. The van der Waals surface area contributed by atoms with Crippen molar-refractivity contribution in [1.29, 1.82) is 0 Å². The molecule has 0 saturated carbocycles. The molecule has 0 bridgehead atoms. The summed E-state index contributed by atoms with van der Waals surface area (Å²) in [7, 11) is 0. The molecule has 1 amide bonds. The molecule has 1 aromatic heterocycles. The minimum Gasteiger partial charge on any atom is -0.494 e. The van der Waals surface area contributed by atoms with E-state index in [2.05, 4.69) is 5.32 Å². The maximum atomic E-state index is 11.2. The molecule has 134 valence electrons. The lowest BCUT2D eigenvalue weighted by molar-refractivity contribution is -0.384. The second-order valence-corrected chi connectivity index (χ2v) is 5.24. The average molecular weight is 351 g/mol. The van der Waals surface area contributed by atoms with Gasteiger partial charge in [-0.15, -0.1) is 0 Å². The Kier molecular flexibility index (Phi) is 5.45. The first-order chi connectivity index (χ1) is 11.8. The number of aromatic nitrogens is 1. The zero-order chi connectivity index (χ0) is 18.6. The molecule has 1 aromatic carbocycles. The lowest BCUT2D eigenvalue weighted by atomic mass is 10.2. The number of nitrogens with zero attached hydrogens (tertiary/aromatic N) is 2. The Morgan fingerprint density at radius 2 is 1.96 bits per heavy atom. The van der Waals surface area contributed by atoms with Crippen molar-refractivity contribution in [2.45, 2.75) is 19.6 Å². The predicted octanol–water partition coefficient (Wildman–Crippen LogP) is 1.21. The van der Waals surface area contributed by atoms with E-state index in [0.717, 1.165) is 10.6 Å². The number of aromatic hydroxyl groups is 2. The molecule has 10 heteroatoms. The third-order valence-electron chi connectivity index (χ3n) is 3.25. The minimum atomic E-state index is -1.13. The molecule has 1 atom stereocenters. The van der Waals surface area contributed by atoms with E-state index < -0.39 is 11.0 Å². The van der Waals surface area contributed by atoms with Crippen molar-refractivity contribution in [3.8, 4) is 17.5 Å². The van der Waals surface area contributed by atoms with Crippen molar-refractivity contribution in [1.82, 2.24) is 4.57 Å².